The van der Waals surface area contributed by atoms with E-state index in [-0.39, 0.29) is 17.1 Å². The van der Waals surface area contributed by atoms with Gasteiger partial charge >= 0.3 is 0 Å². The van der Waals surface area contributed by atoms with Gasteiger partial charge in [-0.05, 0) is 36.4 Å². The van der Waals surface area contributed by atoms with E-state index in [2.05, 4.69) is 4.98 Å². The Kier molecular flexibility index (Phi) is 3.27. The molecule has 4 rings (SSSR count). The number of phenols is 1. The fourth-order valence-corrected chi connectivity index (χ4v) is 2.80. The van der Waals surface area contributed by atoms with E-state index in [0.717, 1.165) is 0 Å². The van der Waals surface area contributed by atoms with E-state index >= 15 is 0 Å². The van der Waals surface area contributed by atoms with Crippen LogP contribution in [0.15, 0.2) is 66.9 Å². The van der Waals surface area contributed by atoms with Gasteiger partial charge in [0, 0.05) is 11.8 Å². The molecule has 0 fully saturated rings. The maximum Gasteiger partial charge on any atom is 0.151 e. The summed E-state index contributed by atoms with van der Waals surface area (Å²) in [6.07, 6.45) is 1.69. The van der Waals surface area contributed by atoms with Gasteiger partial charge < -0.3 is 5.11 Å². The Labute approximate surface area is 136 Å². The molecule has 0 saturated carbocycles. The molecule has 0 bridgehead atoms. The van der Waals surface area contributed by atoms with Crippen LogP contribution in [0.1, 0.15) is 0 Å². The number of pyridine rings is 1. The Hall–Kier alpha value is -3.21. The van der Waals surface area contributed by atoms with E-state index in [1.54, 1.807) is 47.0 Å². The fraction of sp³-hybridized carbons (Fsp3) is 0. The molecule has 3 nitrogen and oxygen atoms in total. The molecule has 0 aliphatic rings. The van der Waals surface area contributed by atoms with Crippen molar-refractivity contribution >= 4 is 5.52 Å². The maximum absolute atomic E-state index is 14.2. The molecule has 118 valence electrons. The molecule has 0 radical (unpaired) electrons. The molecule has 0 aliphatic carbocycles. The van der Waals surface area contributed by atoms with Crippen LogP contribution in [0.4, 0.5) is 8.78 Å². The average Bonchev–Trinajstić information content (AvgIpc) is 2.95. The zero-order valence-corrected chi connectivity index (χ0v) is 12.4. The summed E-state index contributed by atoms with van der Waals surface area (Å²) >= 11 is 0. The molecular weight excluding hydrogens is 310 g/mol. The number of phenolic OH excluding ortho intramolecular Hbond substituents is 1. The van der Waals surface area contributed by atoms with E-state index in [9.17, 15) is 13.9 Å². The number of nitrogens with zero attached hydrogens (tertiary/aromatic N) is 2. The number of aromatic hydroxyl groups is 1. The number of imidazole rings is 1. The van der Waals surface area contributed by atoms with Crippen LogP contribution in [-0.2, 0) is 0 Å². The number of para-hydroxylation sites is 1. The topological polar surface area (TPSA) is 37.5 Å². The lowest BCUT2D eigenvalue weighted by molar-refractivity contribution is 0.477. The van der Waals surface area contributed by atoms with Gasteiger partial charge in [-0.15, -0.1) is 0 Å². The van der Waals surface area contributed by atoms with Crippen LogP contribution in [0.3, 0.4) is 0 Å². The van der Waals surface area contributed by atoms with Crippen molar-refractivity contribution < 1.29 is 13.9 Å². The van der Waals surface area contributed by atoms with Crippen LogP contribution in [0.25, 0.3) is 28.2 Å². The standard InChI is InChI=1S/C19H12F2N2O/c20-13-7-5-8-14(21)17(13)19-22-18(12-6-1-2-10-16(12)24)15-9-3-4-11-23(15)19/h1-11,24H. The first kappa shape index (κ1) is 14.4. The minimum absolute atomic E-state index is 0.0573. The van der Waals surface area contributed by atoms with Crippen LogP contribution >= 0.6 is 0 Å². The number of hydrogen-bond acceptors (Lipinski definition) is 2. The van der Waals surface area contributed by atoms with E-state index in [4.69, 9.17) is 0 Å². The third kappa shape index (κ3) is 2.13. The van der Waals surface area contributed by atoms with Crippen LogP contribution < -0.4 is 0 Å². The molecular formula is C19H12F2N2O. The number of rotatable bonds is 2. The van der Waals surface area contributed by atoms with Gasteiger partial charge in [0.1, 0.15) is 23.1 Å². The molecule has 0 saturated heterocycles. The summed E-state index contributed by atoms with van der Waals surface area (Å²) in [5.74, 6) is -1.16. The first-order valence-corrected chi connectivity index (χ1v) is 7.36. The third-order valence-corrected chi connectivity index (χ3v) is 3.89. The van der Waals surface area contributed by atoms with Crippen molar-refractivity contribution in [2.75, 3.05) is 0 Å². The minimum atomic E-state index is -0.686. The lowest BCUT2D eigenvalue weighted by atomic mass is 10.1. The van der Waals surface area contributed by atoms with Gasteiger partial charge in [-0.1, -0.05) is 24.3 Å². The Bertz CT molecular complexity index is 1040. The predicted octanol–water partition coefficient (Wildman–Crippen LogP) is 4.65. The zero-order chi connectivity index (χ0) is 16.7. The van der Waals surface area contributed by atoms with Crippen LogP contribution in [-0.4, -0.2) is 14.5 Å². The summed E-state index contributed by atoms with van der Waals surface area (Å²) in [4.78, 5) is 4.44. The second-order valence-electron chi connectivity index (χ2n) is 5.35. The normalized spacial score (nSPS) is 11.1. The largest absolute Gasteiger partial charge is 0.507 e. The summed E-state index contributed by atoms with van der Waals surface area (Å²) in [5.41, 5.74) is 1.42. The number of benzene rings is 2. The summed E-state index contributed by atoms with van der Waals surface area (Å²) < 4.78 is 30.0. The maximum atomic E-state index is 14.2. The summed E-state index contributed by atoms with van der Waals surface area (Å²) in [7, 11) is 0. The van der Waals surface area contributed by atoms with Gasteiger partial charge in [0.25, 0.3) is 0 Å². The zero-order valence-electron chi connectivity index (χ0n) is 12.4. The van der Waals surface area contributed by atoms with E-state index in [1.807, 2.05) is 6.07 Å². The molecule has 1 N–H and O–H groups in total. The highest BCUT2D eigenvalue weighted by Crippen LogP contribution is 2.35. The molecule has 4 aromatic rings. The molecule has 2 heterocycles. The third-order valence-electron chi connectivity index (χ3n) is 3.89. The van der Waals surface area contributed by atoms with Crippen molar-refractivity contribution in [1.29, 1.82) is 0 Å². The first-order valence-electron chi connectivity index (χ1n) is 7.36. The minimum Gasteiger partial charge on any atom is -0.507 e. The SMILES string of the molecule is Oc1ccccc1-c1nc(-c2c(F)cccc2F)n2ccccc12. The smallest absolute Gasteiger partial charge is 0.151 e. The molecule has 0 amide bonds. The molecule has 0 unspecified atom stereocenters. The number of aromatic nitrogens is 2. The highest BCUT2D eigenvalue weighted by Gasteiger charge is 2.20. The van der Waals surface area contributed by atoms with Crippen molar-refractivity contribution in [3.8, 4) is 28.4 Å². The molecule has 24 heavy (non-hydrogen) atoms. The van der Waals surface area contributed by atoms with Crippen molar-refractivity contribution in [3.05, 3.63) is 78.5 Å². The molecule has 0 spiro atoms. The van der Waals surface area contributed by atoms with Gasteiger partial charge in [-0.2, -0.15) is 0 Å². The van der Waals surface area contributed by atoms with Crippen molar-refractivity contribution in [3.63, 3.8) is 0 Å². The van der Waals surface area contributed by atoms with Gasteiger partial charge in [-0.3, -0.25) is 4.40 Å². The van der Waals surface area contributed by atoms with E-state index in [1.165, 1.54) is 18.2 Å². The second-order valence-corrected chi connectivity index (χ2v) is 5.35. The Balaban J connectivity index is 2.08. The first-order chi connectivity index (χ1) is 11.7. The Morgan fingerprint density at radius 3 is 2.29 bits per heavy atom. The number of halogens is 2. The summed E-state index contributed by atoms with van der Waals surface area (Å²) in [6.45, 7) is 0. The lowest BCUT2D eigenvalue weighted by Gasteiger charge is -2.03. The Morgan fingerprint density at radius 2 is 1.54 bits per heavy atom. The fourth-order valence-electron chi connectivity index (χ4n) is 2.80. The molecule has 5 heteroatoms. The van der Waals surface area contributed by atoms with E-state index in [0.29, 0.717) is 16.8 Å². The second kappa shape index (κ2) is 5.45. The Morgan fingerprint density at radius 1 is 0.833 bits per heavy atom. The molecule has 0 atom stereocenters. The quantitative estimate of drug-likeness (QED) is 0.583. The van der Waals surface area contributed by atoms with Gasteiger partial charge in [0.2, 0.25) is 0 Å². The van der Waals surface area contributed by atoms with Crippen LogP contribution in [0, 0.1) is 11.6 Å². The van der Waals surface area contributed by atoms with Gasteiger partial charge in [0.05, 0.1) is 11.1 Å². The lowest BCUT2D eigenvalue weighted by Crippen LogP contribution is -1.95. The average molecular weight is 322 g/mol. The van der Waals surface area contributed by atoms with Crippen molar-refractivity contribution in [1.82, 2.24) is 9.38 Å². The molecule has 2 aromatic carbocycles. The monoisotopic (exact) mass is 322 g/mol. The van der Waals surface area contributed by atoms with Crippen LogP contribution in [0.5, 0.6) is 5.75 Å². The van der Waals surface area contributed by atoms with Gasteiger partial charge in [0.15, 0.2) is 5.82 Å². The van der Waals surface area contributed by atoms with Crippen molar-refractivity contribution in [2.24, 2.45) is 0 Å². The van der Waals surface area contributed by atoms with Crippen molar-refractivity contribution in [2.45, 2.75) is 0 Å². The number of hydrogen-bond donors (Lipinski definition) is 1. The molecule has 0 aliphatic heterocycles. The van der Waals surface area contributed by atoms with Crippen LogP contribution in [0.2, 0.25) is 0 Å². The number of fused-ring (bicyclic) bond motifs is 1. The van der Waals surface area contributed by atoms with E-state index < -0.39 is 11.6 Å². The molecule has 2 aromatic heterocycles. The highest BCUT2D eigenvalue weighted by atomic mass is 19.1. The highest BCUT2D eigenvalue weighted by molar-refractivity contribution is 5.84. The summed E-state index contributed by atoms with van der Waals surface area (Å²) in [6, 6.07) is 15.8. The summed E-state index contributed by atoms with van der Waals surface area (Å²) in [5, 5.41) is 10.1. The predicted molar refractivity (Wildman–Crippen MR) is 87.6 cm³/mol. The van der Waals surface area contributed by atoms with Gasteiger partial charge in [-0.25, -0.2) is 13.8 Å².